The molecule has 3 heterocycles. The summed E-state index contributed by atoms with van der Waals surface area (Å²) in [6.45, 7) is 1.47. The molecule has 13 nitrogen and oxygen atoms in total. The summed E-state index contributed by atoms with van der Waals surface area (Å²) in [5.41, 5.74) is 6.74. The number of hydrogen-bond donors (Lipinski definition) is 3. The normalized spacial score (nSPS) is 19.0. The minimum Gasteiger partial charge on any atom is -0.492 e. The zero-order valence-corrected chi connectivity index (χ0v) is 18.3. The molecule has 1 aliphatic heterocycles. The number of aromatic nitrogens is 4. The first-order chi connectivity index (χ1) is 15.2. The number of esters is 1. The molecular weight excluding hydrogens is 444 g/mol. The summed E-state index contributed by atoms with van der Waals surface area (Å²) in [5, 5.41) is 11.8. The molecule has 0 spiro atoms. The van der Waals surface area contributed by atoms with Crippen LogP contribution in [0.2, 0.25) is 0 Å². The van der Waals surface area contributed by atoms with E-state index in [-0.39, 0.29) is 36.1 Å². The number of nitrogens with two attached hydrogens (primary N) is 1. The number of carbonyl (C=O) groups is 3. The summed E-state index contributed by atoms with van der Waals surface area (Å²) in [5.74, 6) is -2.36. The highest BCUT2D eigenvalue weighted by Gasteiger charge is 2.51. The maximum Gasteiger partial charge on any atom is 0.379 e. The molecule has 3 rings (SSSR count). The van der Waals surface area contributed by atoms with Crippen LogP contribution in [0.4, 0.5) is 5.82 Å². The van der Waals surface area contributed by atoms with Crippen LogP contribution in [0.1, 0.15) is 13.3 Å². The highest BCUT2D eigenvalue weighted by atomic mass is 32.2. The Labute approximate surface area is 186 Å². The summed E-state index contributed by atoms with van der Waals surface area (Å²) in [6.07, 6.45) is 2.99. The standard InChI is InChI=1S/C18H22N6O7S/c1-9(25)23-10(16(26)27)6-32-18(13(30-3)12(29-2)17(28)31-18)4-5-24-8-22-11-14(19)20-7-21-15(11)24/h7-8,10H,4-6H2,1-3H3,(H,23,25)(H,26,27)(H2,19,20,21)/t10-,18+/m1/s1. The van der Waals surface area contributed by atoms with Gasteiger partial charge in [0, 0.05) is 25.6 Å². The summed E-state index contributed by atoms with van der Waals surface area (Å²) in [6, 6.07) is -1.21. The Kier molecular flexibility index (Phi) is 6.72. The second-order valence-corrected chi connectivity index (χ2v) is 8.01. The number of nitrogens with zero attached hydrogens (tertiary/aromatic N) is 4. The number of anilines is 1. The molecule has 2 aromatic heterocycles. The van der Waals surface area contributed by atoms with Gasteiger partial charge in [0.05, 0.1) is 20.5 Å². The first kappa shape index (κ1) is 23.1. The van der Waals surface area contributed by atoms with E-state index >= 15 is 0 Å². The number of amides is 1. The first-order valence-electron chi connectivity index (χ1n) is 9.33. The number of nitrogens with one attached hydrogen (secondary N) is 1. The van der Waals surface area contributed by atoms with Crippen LogP contribution in [-0.2, 0) is 35.1 Å². The van der Waals surface area contributed by atoms with E-state index in [0.29, 0.717) is 11.2 Å². The highest BCUT2D eigenvalue weighted by molar-refractivity contribution is 8.00. The Hall–Kier alpha value is -3.55. The number of aryl methyl sites for hydroxylation is 1. The van der Waals surface area contributed by atoms with Crippen molar-refractivity contribution >= 4 is 46.6 Å². The number of cyclic esters (lactones) is 1. The molecule has 0 fully saturated rings. The SMILES string of the molecule is COC1=C(OC)[C@](CCn2cnc3c(N)ncnc32)(SC[C@@H](NC(C)=O)C(=O)O)OC1=O. The number of thioether (sulfide) groups is 1. The molecule has 172 valence electrons. The predicted octanol–water partition coefficient (Wildman–Crippen LogP) is -0.121. The largest absolute Gasteiger partial charge is 0.492 e. The van der Waals surface area contributed by atoms with Gasteiger partial charge in [0.25, 0.3) is 0 Å². The second kappa shape index (κ2) is 9.30. The molecule has 0 unspecified atom stereocenters. The third kappa shape index (κ3) is 4.39. The van der Waals surface area contributed by atoms with Gasteiger partial charge in [-0.15, -0.1) is 11.8 Å². The number of fused-ring (bicyclic) bond motifs is 1. The van der Waals surface area contributed by atoms with Crippen LogP contribution >= 0.6 is 11.8 Å². The van der Waals surface area contributed by atoms with Gasteiger partial charge in [-0.3, -0.25) is 4.79 Å². The van der Waals surface area contributed by atoms with Crippen molar-refractivity contribution in [3.05, 3.63) is 24.2 Å². The van der Waals surface area contributed by atoms with Crippen molar-refractivity contribution in [1.29, 1.82) is 0 Å². The molecular formula is C18H22N6O7S. The van der Waals surface area contributed by atoms with E-state index < -0.39 is 28.8 Å². The molecule has 2 aromatic rings. The van der Waals surface area contributed by atoms with Gasteiger partial charge in [-0.05, 0) is 0 Å². The van der Waals surface area contributed by atoms with E-state index in [4.69, 9.17) is 19.9 Å². The molecule has 14 heteroatoms. The van der Waals surface area contributed by atoms with Gasteiger partial charge in [-0.2, -0.15) is 0 Å². The number of carbonyl (C=O) groups excluding carboxylic acids is 2. The summed E-state index contributed by atoms with van der Waals surface area (Å²) in [7, 11) is 2.66. The number of aliphatic carboxylic acids is 1. The average Bonchev–Trinajstić information content (AvgIpc) is 3.28. The predicted molar refractivity (Wildman–Crippen MR) is 112 cm³/mol. The van der Waals surface area contributed by atoms with Crippen LogP contribution in [-0.4, -0.2) is 73.4 Å². The van der Waals surface area contributed by atoms with Crippen LogP contribution in [0.5, 0.6) is 0 Å². The number of carboxylic acid groups (broad SMARTS) is 1. The molecule has 0 bridgehead atoms. The van der Waals surface area contributed by atoms with Gasteiger partial charge in [0.2, 0.25) is 16.6 Å². The smallest absolute Gasteiger partial charge is 0.379 e. The number of nitrogen functional groups attached to an aromatic ring is 1. The number of carboxylic acids is 1. The minimum atomic E-state index is -1.40. The van der Waals surface area contributed by atoms with E-state index in [2.05, 4.69) is 20.3 Å². The number of rotatable bonds is 10. The maximum atomic E-state index is 12.4. The fourth-order valence-corrected chi connectivity index (χ4v) is 4.57. The topological polar surface area (TPSA) is 181 Å². The third-order valence-corrected chi connectivity index (χ3v) is 6.11. The first-order valence-corrected chi connectivity index (χ1v) is 10.3. The van der Waals surface area contributed by atoms with Gasteiger partial charge in [-0.25, -0.2) is 24.5 Å². The Morgan fingerprint density at radius 2 is 2.09 bits per heavy atom. The lowest BCUT2D eigenvalue weighted by Crippen LogP contribution is -2.43. The fourth-order valence-electron chi connectivity index (χ4n) is 3.23. The third-order valence-electron chi connectivity index (χ3n) is 4.67. The highest BCUT2D eigenvalue weighted by Crippen LogP contribution is 2.45. The lowest BCUT2D eigenvalue weighted by atomic mass is 10.2. The van der Waals surface area contributed by atoms with Crippen LogP contribution in [0.15, 0.2) is 24.2 Å². The molecule has 1 aliphatic rings. The van der Waals surface area contributed by atoms with Crippen LogP contribution in [0.25, 0.3) is 11.2 Å². The van der Waals surface area contributed by atoms with Crippen molar-refractivity contribution in [2.24, 2.45) is 0 Å². The lowest BCUT2D eigenvalue weighted by molar-refractivity contribution is -0.145. The van der Waals surface area contributed by atoms with Crippen LogP contribution in [0, 0.1) is 0 Å². The van der Waals surface area contributed by atoms with Gasteiger partial charge in [0.15, 0.2) is 17.2 Å². The van der Waals surface area contributed by atoms with E-state index in [1.165, 1.54) is 33.8 Å². The number of hydrogen-bond acceptors (Lipinski definition) is 11. The molecule has 0 radical (unpaired) electrons. The Bertz CT molecular complexity index is 1090. The van der Waals surface area contributed by atoms with E-state index in [1.54, 1.807) is 4.57 Å². The molecule has 0 aliphatic carbocycles. The molecule has 2 atom stereocenters. The zero-order valence-electron chi connectivity index (χ0n) is 17.5. The number of methoxy groups -OCH3 is 2. The number of ether oxygens (including phenoxy) is 3. The van der Waals surface area contributed by atoms with E-state index in [0.717, 1.165) is 11.8 Å². The minimum absolute atomic E-state index is 0.105. The Morgan fingerprint density at radius 1 is 1.34 bits per heavy atom. The average molecular weight is 466 g/mol. The molecule has 0 aromatic carbocycles. The molecule has 1 amide bonds. The zero-order chi connectivity index (χ0) is 23.5. The van der Waals surface area contributed by atoms with Crippen molar-refractivity contribution in [2.75, 3.05) is 25.7 Å². The number of imidazole rings is 1. The van der Waals surface area contributed by atoms with Crippen molar-refractivity contribution in [3.8, 4) is 0 Å². The summed E-state index contributed by atoms with van der Waals surface area (Å²) in [4.78, 5) is 46.3. The van der Waals surface area contributed by atoms with Crippen molar-refractivity contribution in [1.82, 2.24) is 24.8 Å². The molecule has 32 heavy (non-hydrogen) atoms. The Morgan fingerprint density at radius 3 is 2.72 bits per heavy atom. The quantitative estimate of drug-likeness (QED) is 0.395. The van der Waals surface area contributed by atoms with Gasteiger partial charge >= 0.3 is 11.9 Å². The molecule has 4 N–H and O–H groups in total. The molecule has 0 saturated carbocycles. The van der Waals surface area contributed by atoms with Gasteiger partial charge in [-0.1, -0.05) is 0 Å². The summed E-state index contributed by atoms with van der Waals surface area (Å²) < 4.78 is 17.9. The van der Waals surface area contributed by atoms with Crippen molar-refractivity contribution < 1.29 is 33.7 Å². The van der Waals surface area contributed by atoms with Crippen molar-refractivity contribution in [2.45, 2.75) is 30.9 Å². The van der Waals surface area contributed by atoms with Gasteiger partial charge < -0.3 is 34.9 Å². The Balaban J connectivity index is 1.91. The molecule has 0 saturated heterocycles. The lowest BCUT2D eigenvalue weighted by Gasteiger charge is -2.30. The fraction of sp³-hybridized carbons (Fsp3) is 0.444. The van der Waals surface area contributed by atoms with E-state index in [9.17, 15) is 19.5 Å². The van der Waals surface area contributed by atoms with Crippen LogP contribution in [0.3, 0.4) is 0 Å². The van der Waals surface area contributed by atoms with Crippen LogP contribution < -0.4 is 11.1 Å². The maximum absolute atomic E-state index is 12.4. The van der Waals surface area contributed by atoms with Gasteiger partial charge in [0.1, 0.15) is 17.9 Å². The van der Waals surface area contributed by atoms with E-state index in [1.807, 2.05) is 0 Å². The monoisotopic (exact) mass is 466 g/mol. The van der Waals surface area contributed by atoms with Crippen molar-refractivity contribution in [3.63, 3.8) is 0 Å². The summed E-state index contributed by atoms with van der Waals surface area (Å²) >= 11 is 1.00. The second-order valence-electron chi connectivity index (χ2n) is 6.73.